The van der Waals surface area contributed by atoms with Gasteiger partial charge in [-0.25, -0.2) is 4.79 Å². The molecule has 0 aromatic carbocycles. The minimum absolute atomic E-state index is 0.0513. The third-order valence-electron chi connectivity index (χ3n) is 2.06. The van der Waals surface area contributed by atoms with Gasteiger partial charge in [0.1, 0.15) is 6.54 Å². The van der Waals surface area contributed by atoms with Gasteiger partial charge >= 0.3 is 12.0 Å². The third-order valence-corrected chi connectivity index (χ3v) is 2.06. The number of carbonyl (C=O) groups is 2. The molecule has 19 heavy (non-hydrogen) atoms. The van der Waals surface area contributed by atoms with Gasteiger partial charge in [0.25, 0.3) is 0 Å². The van der Waals surface area contributed by atoms with Gasteiger partial charge in [0.05, 0.1) is 12.6 Å². The number of urea groups is 1. The molecule has 10 nitrogen and oxygen atoms in total. The van der Waals surface area contributed by atoms with Crippen molar-refractivity contribution in [3.8, 4) is 0 Å². The van der Waals surface area contributed by atoms with E-state index < -0.39 is 24.6 Å². The standard InChI is InChI=1S/C9H15N5O5/c10-5(1-2-15)8-13-6(19-14-8)3-11-9(18)12-4-7(16)17/h5,15H,1-4,10H2,(H,16,17)(H2,11,12,18)/t5-/m0/s1. The van der Waals surface area contributed by atoms with E-state index in [0.717, 1.165) is 0 Å². The molecule has 0 saturated heterocycles. The van der Waals surface area contributed by atoms with Crippen LogP contribution in [0.25, 0.3) is 0 Å². The molecule has 0 saturated carbocycles. The second kappa shape index (κ2) is 7.28. The number of aliphatic hydroxyl groups excluding tert-OH is 1. The van der Waals surface area contributed by atoms with E-state index >= 15 is 0 Å². The van der Waals surface area contributed by atoms with Crippen LogP contribution < -0.4 is 16.4 Å². The second-order valence-corrected chi connectivity index (χ2v) is 3.60. The molecule has 1 aromatic rings. The molecule has 106 valence electrons. The lowest BCUT2D eigenvalue weighted by Gasteiger charge is -2.03. The van der Waals surface area contributed by atoms with Crippen LogP contribution in [0.1, 0.15) is 24.2 Å². The minimum atomic E-state index is -1.15. The van der Waals surface area contributed by atoms with Crippen molar-refractivity contribution in [3.63, 3.8) is 0 Å². The van der Waals surface area contributed by atoms with Gasteiger partial charge in [-0.1, -0.05) is 5.16 Å². The Bertz CT molecular complexity index is 434. The first kappa shape index (κ1) is 14.9. The Balaban J connectivity index is 2.37. The van der Waals surface area contributed by atoms with Crippen LogP contribution in [0.3, 0.4) is 0 Å². The highest BCUT2D eigenvalue weighted by Crippen LogP contribution is 2.09. The summed E-state index contributed by atoms with van der Waals surface area (Å²) in [7, 11) is 0. The zero-order chi connectivity index (χ0) is 14.3. The molecule has 1 aromatic heterocycles. The number of nitrogens with zero attached hydrogens (tertiary/aromatic N) is 2. The monoisotopic (exact) mass is 273 g/mol. The van der Waals surface area contributed by atoms with Crippen molar-refractivity contribution in [2.45, 2.75) is 19.0 Å². The number of rotatable bonds is 7. The van der Waals surface area contributed by atoms with Crippen molar-refractivity contribution in [2.24, 2.45) is 5.73 Å². The Labute approximate surface area is 108 Å². The summed E-state index contributed by atoms with van der Waals surface area (Å²) in [5, 5.41) is 25.1. The number of carboxylic acids is 1. The number of aliphatic hydroxyl groups is 1. The Morgan fingerprint density at radius 3 is 2.79 bits per heavy atom. The summed E-state index contributed by atoms with van der Waals surface area (Å²) in [6, 6.07) is -1.20. The van der Waals surface area contributed by atoms with Crippen molar-refractivity contribution in [1.29, 1.82) is 0 Å². The first-order chi connectivity index (χ1) is 9.02. The summed E-state index contributed by atoms with van der Waals surface area (Å²) in [5.74, 6) is -0.782. The van der Waals surface area contributed by atoms with E-state index in [1.54, 1.807) is 0 Å². The molecule has 0 aliphatic carbocycles. The fourth-order valence-corrected chi connectivity index (χ4v) is 1.13. The molecule has 2 amide bonds. The minimum Gasteiger partial charge on any atom is -0.480 e. The van der Waals surface area contributed by atoms with Crippen molar-refractivity contribution >= 4 is 12.0 Å². The Kier molecular flexibility index (Phi) is 5.70. The lowest BCUT2D eigenvalue weighted by molar-refractivity contribution is -0.135. The van der Waals surface area contributed by atoms with Gasteiger partial charge in [0.15, 0.2) is 5.82 Å². The number of aliphatic carboxylic acids is 1. The largest absolute Gasteiger partial charge is 0.480 e. The van der Waals surface area contributed by atoms with Crippen LogP contribution in [0.15, 0.2) is 4.52 Å². The SMILES string of the molecule is N[C@@H](CCO)c1noc(CNC(=O)NCC(=O)O)n1. The highest BCUT2D eigenvalue weighted by Gasteiger charge is 2.14. The van der Waals surface area contributed by atoms with Gasteiger partial charge in [-0.15, -0.1) is 0 Å². The van der Waals surface area contributed by atoms with Crippen molar-refractivity contribution in [1.82, 2.24) is 20.8 Å². The summed E-state index contributed by atoms with van der Waals surface area (Å²) in [6.45, 7) is -0.631. The van der Waals surface area contributed by atoms with E-state index in [1.165, 1.54) is 0 Å². The molecular weight excluding hydrogens is 258 g/mol. The Hall–Kier alpha value is -2.20. The van der Waals surface area contributed by atoms with Gasteiger partial charge in [-0.05, 0) is 6.42 Å². The maximum Gasteiger partial charge on any atom is 0.323 e. The highest BCUT2D eigenvalue weighted by atomic mass is 16.5. The smallest absolute Gasteiger partial charge is 0.323 e. The van der Waals surface area contributed by atoms with E-state index in [-0.39, 0.29) is 24.9 Å². The lowest BCUT2D eigenvalue weighted by atomic mass is 10.2. The fourth-order valence-electron chi connectivity index (χ4n) is 1.13. The van der Waals surface area contributed by atoms with E-state index in [2.05, 4.69) is 20.8 Å². The number of hydrogen-bond donors (Lipinski definition) is 5. The summed E-state index contributed by atoms with van der Waals surface area (Å²) in [4.78, 5) is 25.3. The van der Waals surface area contributed by atoms with Crippen LogP contribution in [0, 0.1) is 0 Å². The molecule has 1 heterocycles. The number of hydrogen-bond acceptors (Lipinski definition) is 7. The van der Waals surface area contributed by atoms with E-state index in [4.69, 9.17) is 20.5 Å². The molecule has 0 spiro atoms. The van der Waals surface area contributed by atoms with Crippen LogP contribution in [-0.2, 0) is 11.3 Å². The number of amides is 2. The fraction of sp³-hybridized carbons (Fsp3) is 0.556. The molecule has 0 unspecified atom stereocenters. The number of nitrogens with one attached hydrogen (secondary N) is 2. The number of aromatic nitrogens is 2. The van der Waals surface area contributed by atoms with Crippen LogP contribution in [0.4, 0.5) is 4.79 Å². The quantitative estimate of drug-likeness (QED) is 0.393. The average Bonchev–Trinajstić information content (AvgIpc) is 2.83. The molecule has 0 aliphatic rings. The molecule has 1 rings (SSSR count). The molecule has 10 heteroatoms. The predicted octanol–water partition coefficient (Wildman–Crippen LogP) is -1.66. The van der Waals surface area contributed by atoms with Crippen molar-refractivity contribution in [2.75, 3.05) is 13.2 Å². The maximum atomic E-state index is 11.1. The summed E-state index contributed by atoms with van der Waals surface area (Å²) in [6.07, 6.45) is 0.297. The van der Waals surface area contributed by atoms with Gasteiger partial charge in [0, 0.05) is 6.61 Å². The van der Waals surface area contributed by atoms with E-state index in [9.17, 15) is 9.59 Å². The number of carbonyl (C=O) groups excluding carboxylic acids is 1. The van der Waals surface area contributed by atoms with Gasteiger partial charge in [-0.2, -0.15) is 4.98 Å². The molecular formula is C9H15N5O5. The second-order valence-electron chi connectivity index (χ2n) is 3.60. The van der Waals surface area contributed by atoms with Crippen LogP contribution >= 0.6 is 0 Å². The van der Waals surface area contributed by atoms with Crippen LogP contribution in [0.2, 0.25) is 0 Å². The first-order valence-electron chi connectivity index (χ1n) is 5.45. The maximum absolute atomic E-state index is 11.1. The Morgan fingerprint density at radius 2 is 2.16 bits per heavy atom. The molecule has 0 bridgehead atoms. The predicted molar refractivity (Wildman–Crippen MR) is 60.8 cm³/mol. The lowest BCUT2D eigenvalue weighted by Crippen LogP contribution is -2.38. The average molecular weight is 273 g/mol. The van der Waals surface area contributed by atoms with Gasteiger partial charge < -0.3 is 31.1 Å². The topological polar surface area (TPSA) is 164 Å². The van der Waals surface area contributed by atoms with E-state index in [0.29, 0.717) is 6.42 Å². The van der Waals surface area contributed by atoms with E-state index in [1.807, 2.05) is 0 Å². The molecule has 6 N–H and O–H groups in total. The molecule has 0 aliphatic heterocycles. The van der Waals surface area contributed by atoms with Gasteiger partial charge in [0.2, 0.25) is 5.89 Å². The van der Waals surface area contributed by atoms with Gasteiger partial charge in [-0.3, -0.25) is 4.79 Å². The third kappa shape index (κ3) is 5.31. The molecule has 1 atom stereocenters. The normalized spacial score (nSPS) is 11.9. The van der Waals surface area contributed by atoms with Crippen molar-refractivity contribution < 1.29 is 24.3 Å². The zero-order valence-corrected chi connectivity index (χ0v) is 10.00. The van der Waals surface area contributed by atoms with Crippen LogP contribution in [0.5, 0.6) is 0 Å². The summed E-state index contributed by atoms with van der Waals surface area (Å²) in [5.41, 5.74) is 5.65. The highest BCUT2D eigenvalue weighted by molar-refractivity contribution is 5.79. The molecule has 0 fully saturated rings. The first-order valence-corrected chi connectivity index (χ1v) is 5.45. The summed E-state index contributed by atoms with van der Waals surface area (Å²) >= 11 is 0. The van der Waals surface area contributed by atoms with Crippen molar-refractivity contribution in [3.05, 3.63) is 11.7 Å². The number of nitrogens with two attached hydrogens (primary N) is 1. The number of carboxylic acid groups (broad SMARTS) is 1. The zero-order valence-electron chi connectivity index (χ0n) is 10.00. The summed E-state index contributed by atoms with van der Waals surface area (Å²) < 4.78 is 4.83. The van der Waals surface area contributed by atoms with Crippen LogP contribution in [-0.4, -0.2) is 45.5 Å². The molecule has 0 radical (unpaired) electrons. The Morgan fingerprint density at radius 1 is 1.42 bits per heavy atom.